The number of hydrogen-bond acceptors (Lipinski definition) is 2. The fourth-order valence-electron chi connectivity index (χ4n) is 2.53. The van der Waals surface area contributed by atoms with E-state index < -0.39 is 0 Å². The maximum Gasteiger partial charge on any atom is 0.120 e. The Balaban J connectivity index is 2.04. The molecule has 0 amide bonds. The van der Waals surface area contributed by atoms with Gasteiger partial charge in [-0.2, -0.15) is 5.26 Å². The van der Waals surface area contributed by atoms with E-state index in [2.05, 4.69) is 50.4 Å². The highest BCUT2D eigenvalue weighted by atomic mass is 14.9. The molecule has 3 nitrogen and oxygen atoms in total. The standard InChI is InChI=1S/C17H21N3/c1-12-5-6-17(13(2)7-12)14(3)19-10-15-8-16(9-18)20(4)11-15/h5-8,11,14,19H,10H2,1-4H3. The van der Waals surface area contributed by atoms with Gasteiger partial charge in [0.05, 0.1) is 0 Å². The monoisotopic (exact) mass is 267 g/mol. The van der Waals surface area contributed by atoms with Crippen molar-refractivity contribution in [2.24, 2.45) is 7.05 Å². The van der Waals surface area contributed by atoms with E-state index >= 15 is 0 Å². The molecular weight excluding hydrogens is 246 g/mol. The molecule has 1 unspecified atom stereocenters. The highest BCUT2D eigenvalue weighted by molar-refractivity contribution is 5.33. The highest BCUT2D eigenvalue weighted by Crippen LogP contribution is 2.19. The van der Waals surface area contributed by atoms with Crippen LogP contribution in [0.15, 0.2) is 30.5 Å². The first-order valence-electron chi connectivity index (χ1n) is 6.87. The van der Waals surface area contributed by atoms with E-state index in [1.807, 2.05) is 23.9 Å². The molecule has 0 aliphatic heterocycles. The summed E-state index contributed by atoms with van der Waals surface area (Å²) < 4.78 is 1.86. The van der Waals surface area contributed by atoms with Gasteiger partial charge in [0.25, 0.3) is 0 Å². The normalized spacial score (nSPS) is 12.2. The molecule has 0 bridgehead atoms. The molecule has 0 saturated heterocycles. The Hall–Kier alpha value is -2.05. The number of aromatic nitrogens is 1. The number of aryl methyl sites for hydroxylation is 3. The molecule has 0 aliphatic rings. The SMILES string of the molecule is Cc1ccc(C(C)NCc2cc(C#N)n(C)c2)c(C)c1. The number of nitrogens with one attached hydrogen (secondary N) is 1. The van der Waals surface area contributed by atoms with Crippen molar-refractivity contribution in [2.45, 2.75) is 33.4 Å². The molecule has 2 aromatic rings. The fourth-order valence-corrected chi connectivity index (χ4v) is 2.53. The molecular formula is C17H21N3. The molecule has 1 atom stereocenters. The van der Waals surface area contributed by atoms with Crippen LogP contribution >= 0.6 is 0 Å². The number of rotatable bonds is 4. The van der Waals surface area contributed by atoms with Crippen molar-refractivity contribution in [2.75, 3.05) is 0 Å². The Morgan fingerprint density at radius 2 is 2.05 bits per heavy atom. The van der Waals surface area contributed by atoms with Gasteiger partial charge in [-0.1, -0.05) is 23.8 Å². The van der Waals surface area contributed by atoms with E-state index in [9.17, 15) is 0 Å². The van der Waals surface area contributed by atoms with Gasteiger partial charge in [-0.05, 0) is 43.5 Å². The Morgan fingerprint density at radius 1 is 1.30 bits per heavy atom. The van der Waals surface area contributed by atoms with Crippen LogP contribution in [0.2, 0.25) is 0 Å². The van der Waals surface area contributed by atoms with Crippen molar-refractivity contribution >= 4 is 0 Å². The van der Waals surface area contributed by atoms with E-state index in [-0.39, 0.29) is 0 Å². The quantitative estimate of drug-likeness (QED) is 0.922. The third-order valence-electron chi connectivity index (χ3n) is 3.68. The van der Waals surface area contributed by atoms with Gasteiger partial charge in [-0.3, -0.25) is 0 Å². The lowest BCUT2D eigenvalue weighted by molar-refractivity contribution is 0.572. The van der Waals surface area contributed by atoms with Gasteiger partial charge in [-0.15, -0.1) is 0 Å². The van der Waals surface area contributed by atoms with E-state index in [1.54, 1.807) is 0 Å². The van der Waals surface area contributed by atoms with Crippen molar-refractivity contribution in [1.82, 2.24) is 9.88 Å². The van der Waals surface area contributed by atoms with Gasteiger partial charge in [0.15, 0.2) is 0 Å². The second-order valence-corrected chi connectivity index (χ2v) is 5.42. The lowest BCUT2D eigenvalue weighted by Crippen LogP contribution is -2.18. The van der Waals surface area contributed by atoms with Gasteiger partial charge >= 0.3 is 0 Å². The fraction of sp³-hybridized carbons (Fsp3) is 0.353. The molecule has 0 aliphatic carbocycles. The first-order valence-corrected chi connectivity index (χ1v) is 6.87. The smallest absolute Gasteiger partial charge is 0.120 e. The second-order valence-electron chi connectivity index (χ2n) is 5.42. The summed E-state index contributed by atoms with van der Waals surface area (Å²) in [5.74, 6) is 0. The van der Waals surface area contributed by atoms with Crippen LogP contribution in [-0.2, 0) is 13.6 Å². The average molecular weight is 267 g/mol. The highest BCUT2D eigenvalue weighted by Gasteiger charge is 2.09. The van der Waals surface area contributed by atoms with Gasteiger partial charge in [0, 0.05) is 25.8 Å². The van der Waals surface area contributed by atoms with Crippen LogP contribution in [0.1, 0.15) is 40.9 Å². The summed E-state index contributed by atoms with van der Waals surface area (Å²) in [5, 5.41) is 12.5. The van der Waals surface area contributed by atoms with Crippen LogP contribution in [0.25, 0.3) is 0 Å². The third-order valence-corrected chi connectivity index (χ3v) is 3.68. The van der Waals surface area contributed by atoms with Crippen LogP contribution in [-0.4, -0.2) is 4.57 Å². The zero-order valence-corrected chi connectivity index (χ0v) is 12.6. The first-order chi connectivity index (χ1) is 9.51. The largest absolute Gasteiger partial charge is 0.342 e. The van der Waals surface area contributed by atoms with Crippen LogP contribution in [0.3, 0.4) is 0 Å². The second kappa shape index (κ2) is 5.94. The van der Waals surface area contributed by atoms with Crippen LogP contribution in [0, 0.1) is 25.2 Å². The third kappa shape index (κ3) is 3.09. The molecule has 20 heavy (non-hydrogen) atoms. The summed E-state index contributed by atoms with van der Waals surface area (Å²) in [6.45, 7) is 7.20. The Labute approximate surface area is 120 Å². The van der Waals surface area contributed by atoms with Crippen LogP contribution < -0.4 is 5.32 Å². The zero-order chi connectivity index (χ0) is 14.7. The molecule has 2 rings (SSSR count). The number of nitriles is 1. The summed E-state index contributed by atoms with van der Waals surface area (Å²) >= 11 is 0. The number of hydrogen-bond donors (Lipinski definition) is 1. The lowest BCUT2D eigenvalue weighted by atomic mass is 10.0. The van der Waals surface area contributed by atoms with Crippen molar-refractivity contribution in [3.8, 4) is 6.07 Å². The number of benzene rings is 1. The summed E-state index contributed by atoms with van der Waals surface area (Å²) in [7, 11) is 1.90. The molecule has 104 valence electrons. The Kier molecular flexibility index (Phi) is 4.26. The first kappa shape index (κ1) is 14.4. The molecule has 0 spiro atoms. The summed E-state index contributed by atoms with van der Waals surface area (Å²) in [5.41, 5.74) is 5.77. The molecule has 0 saturated carbocycles. The van der Waals surface area contributed by atoms with Crippen LogP contribution in [0.5, 0.6) is 0 Å². The lowest BCUT2D eigenvalue weighted by Gasteiger charge is -2.16. The molecule has 1 heterocycles. The summed E-state index contributed by atoms with van der Waals surface area (Å²) in [4.78, 5) is 0. The summed E-state index contributed by atoms with van der Waals surface area (Å²) in [6.07, 6.45) is 2.00. The maximum absolute atomic E-state index is 8.96. The van der Waals surface area contributed by atoms with E-state index in [4.69, 9.17) is 5.26 Å². The minimum Gasteiger partial charge on any atom is -0.342 e. The Bertz CT molecular complexity index is 647. The zero-order valence-electron chi connectivity index (χ0n) is 12.6. The predicted molar refractivity (Wildman–Crippen MR) is 81.3 cm³/mol. The minimum atomic E-state index is 0.293. The molecule has 1 aromatic carbocycles. The molecule has 1 aromatic heterocycles. The van der Waals surface area contributed by atoms with Gasteiger partial charge in [-0.25, -0.2) is 0 Å². The molecule has 0 radical (unpaired) electrons. The Morgan fingerprint density at radius 3 is 2.65 bits per heavy atom. The van der Waals surface area contributed by atoms with E-state index in [0.29, 0.717) is 11.7 Å². The predicted octanol–water partition coefficient (Wildman–Crippen LogP) is 3.36. The molecule has 1 N–H and O–H groups in total. The van der Waals surface area contributed by atoms with E-state index in [0.717, 1.165) is 12.1 Å². The van der Waals surface area contributed by atoms with Crippen molar-refractivity contribution in [3.63, 3.8) is 0 Å². The molecule has 0 fully saturated rings. The van der Waals surface area contributed by atoms with Gasteiger partial charge in [0.2, 0.25) is 0 Å². The van der Waals surface area contributed by atoms with Crippen molar-refractivity contribution in [1.29, 1.82) is 5.26 Å². The van der Waals surface area contributed by atoms with Gasteiger partial charge < -0.3 is 9.88 Å². The van der Waals surface area contributed by atoms with Crippen LogP contribution in [0.4, 0.5) is 0 Å². The minimum absolute atomic E-state index is 0.293. The maximum atomic E-state index is 8.96. The van der Waals surface area contributed by atoms with Crippen molar-refractivity contribution < 1.29 is 0 Å². The van der Waals surface area contributed by atoms with E-state index in [1.165, 1.54) is 16.7 Å². The van der Waals surface area contributed by atoms with Gasteiger partial charge in [0.1, 0.15) is 11.8 Å². The van der Waals surface area contributed by atoms with Crippen molar-refractivity contribution in [3.05, 3.63) is 58.4 Å². The average Bonchev–Trinajstić information content (AvgIpc) is 2.76. The summed E-state index contributed by atoms with van der Waals surface area (Å²) in [6, 6.07) is 11.0. The molecule has 3 heteroatoms. The topological polar surface area (TPSA) is 40.8 Å². The number of nitrogens with zero attached hydrogens (tertiary/aromatic N) is 2.